The van der Waals surface area contributed by atoms with E-state index in [1.807, 2.05) is 0 Å². The predicted molar refractivity (Wildman–Crippen MR) is 94.4 cm³/mol. The van der Waals surface area contributed by atoms with Crippen LogP contribution in [0.1, 0.15) is 50.6 Å². The summed E-state index contributed by atoms with van der Waals surface area (Å²) in [7, 11) is 2.11. The first kappa shape index (κ1) is 15.8. The number of rotatable bonds is 4. The van der Waals surface area contributed by atoms with Gasteiger partial charge < -0.3 is 5.32 Å². The van der Waals surface area contributed by atoms with Crippen LogP contribution in [0.3, 0.4) is 0 Å². The molecule has 3 unspecified atom stereocenters. The lowest BCUT2D eigenvalue weighted by molar-refractivity contribution is 0.180. The van der Waals surface area contributed by atoms with Crippen LogP contribution in [0.15, 0.2) is 22.7 Å². The Balaban J connectivity index is 2.29. The van der Waals surface area contributed by atoms with E-state index < -0.39 is 0 Å². The predicted octanol–water partition coefficient (Wildman–Crippen LogP) is 5.53. The second-order valence-electron chi connectivity index (χ2n) is 5.55. The van der Waals surface area contributed by atoms with Gasteiger partial charge in [-0.2, -0.15) is 0 Å². The molecule has 1 aromatic rings. The fourth-order valence-corrected chi connectivity index (χ4v) is 4.58. The van der Waals surface area contributed by atoms with E-state index in [0.29, 0.717) is 6.04 Å². The van der Waals surface area contributed by atoms with E-state index in [1.165, 1.54) is 45.7 Å². The molecule has 1 fully saturated rings. The van der Waals surface area contributed by atoms with E-state index >= 15 is 0 Å². The van der Waals surface area contributed by atoms with Crippen molar-refractivity contribution >= 4 is 38.5 Å². The molecule has 0 aromatic heterocycles. The van der Waals surface area contributed by atoms with Gasteiger partial charge >= 0.3 is 0 Å². The molecule has 0 radical (unpaired) electrons. The monoisotopic (exact) mass is 435 g/mol. The summed E-state index contributed by atoms with van der Waals surface area (Å²) in [5.74, 6) is 1.66. The Morgan fingerprint density at radius 1 is 1.37 bits per heavy atom. The molecule has 0 bridgehead atoms. The Bertz CT molecular complexity index is 421. The number of halogens is 2. The molecule has 3 atom stereocenters. The van der Waals surface area contributed by atoms with Crippen LogP contribution >= 0.6 is 38.5 Å². The van der Waals surface area contributed by atoms with Gasteiger partial charge in [0.05, 0.1) is 0 Å². The summed E-state index contributed by atoms with van der Waals surface area (Å²) < 4.78 is 2.56. The van der Waals surface area contributed by atoms with Crippen LogP contribution in [0.5, 0.6) is 0 Å². The lowest BCUT2D eigenvalue weighted by Gasteiger charge is -2.37. The van der Waals surface area contributed by atoms with Crippen LogP contribution in [-0.4, -0.2) is 7.05 Å². The second-order valence-corrected chi connectivity index (χ2v) is 7.63. The standard InChI is InChI=1S/C16H23BrIN/c1-3-11-6-4-5-7-13(11)16(19-2)14-10-12(17)8-9-15(14)18/h8-11,13,16,19H,3-7H2,1-2H3. The van der Waals surface area contributed by atoms with Crippen molar-refractivity contribution in [2.45, 2.75) is 45.1 Å². The maximum atomic E-state index is 3.62. The van der Waals surface area contributed by atoms with Gasteiger partial charge in [-0.3, -0.25) is 0 Å². The maximum Gasteiger partial charge on any atom is 0.0359 e. The van der Waals surface area contributed by atoms with E-state index in [0.717, 1.165) is 11.8 Å². The zero-order valence-corrected chi connectivity index (χ0v) is 15.5. The molecule has 1 N–H and O–H groups in total. The fourth-order valence-electron chi connectivity index (χ4n) is 3.54. The van der Waals surface area contributed by atoms with E-state index in [-0.39, 0.29) is 0 Å². The molecule has 1 nitrogen and oxygen atoms in total. The van der Waals surface area contributed by atoms with Gasteiger partial charge in [0.15, 0.2) is 0 Å². The molecule has 1 aliphatic rings. The van der Waals surface area contributed by atoms with Gasteiger partial charge in [0, 0.05) is 14.1 Å². The Morgan fingerprint density at radius 2 is 2.11 bits per heavy atom. The zero-order chi connectivity index (χ0) is 13.8. The summed E-state index contributed by atoms with van der Waals surface area (Å²) in [6, 6.07) is 7.14. The summed E-state index contributed by atoms with van der Waals surface area (Å²) in [6.45, 7) is 2.35. The molecule has 1 aliphatic carbocycles. The quantitative estimate of drug-likeness (QED) is 0.613. The van der Waals surface area contributed by atoms with Gasteiger partial charge in [0.1, 0.15) is 0 Å². The molecule has 1 saturated carbocycles. The minimum atomic E-state index is 0.495. The Kier molecular flexibility index (Phi) is 6.15. The van der Waals surface area contributed by atoms with Gasteiger partial charge in [-0.25, -0.2) is 0 Å². The van der Waals surface area contributed by atoms with Crippen LogP contribution in [0, 0.1) is 15.4 Å². The highest BCUT2D eigenvalue weighted by Crippen LogP contribution is 2.41. The Labute approximate surface area is 139 Å². The average Bonchev–Trinajstić information content (AvgIpc) is 2.44. The van der Waals surface area contributed by atoms with Crippen LogP contribution in [0.4, 0.5) is 0 Å². The van der Waals surface area contributed by atoms with Crippen molar-refractivity contribution in [2.24, 2.45) is 11.8 Å². The molecule has 2 rings (SSSR count). The van der Waals surface area contributed by atoms with E-state index in [1.54, 1.807) is 0 Å². The van der Waals surface area contributed by atoms with Crippen LogP contribution in [-0.2, 0) is 0 Å². The van der Waals surface area contributed by atoms with Gasteiger partial charge in [0.25, 0.3) is 0 Å². The number of hydrogen-bond acceptors (Lipinski definition) is 1. The molecule has 0 aliphatic heterocycles. The number of benzene rings is 1. The molecule has 0 spiro atoms. The fraction of sp³-hybridized carbons (Fsp3) is 0.625. The van der Waals surface area contributed by atoms with Crippen molar-refractivity contribution in [3.8, 4) is 0 Å². The molecule has 19 heavy (non-hydrogen) atoms. The minimum absolute atomic E-state index is 0.495. The van der Waals surface area contributed by atoms with Crippen LogP contribution < -0.4 is 5.32 Å². The third kappa shape index (κ3) is 3.73. The van der Waals surface area contributed by atoms with Crippen molar-refractivity contribution in [1.29, 1.82) is 0 Å². The van der Waals surface area contributed by atoms with Crippen molar-refractivity contribution in [3.63, 3.8) is 0 Å². The molecule has 0 amide bonds. The summed E-state index contributed by atoms with van der Waals surface area (Å²) in [5, 5.41) is 3.59. The number of hydrogen-bond donors (Lipinski definition) is 1. The topological polar surface area (TPSA) is 12.0 Å². The molecule has 106 valence electrons. The molecule has 1 aromatic carbocycles. The molecule has 3 heteroatoms. The highest BCUT2D eigenvalue weighted by molar-refractivity contribution is 14.1. The smallest absolute Gasteiger partial charge is 0.0359 e. The zero-order valence-electron chi connectivity index (χ0n) is 11.8. The summed E-state index contributed by atoms with van der Waals surface area (Å²) in [4.78, 5) is 0. The van der Waals surface area contributed by atoms with Gasteiger partial charge in [0.2, 0.25) is 0 Å². The normalized spacial score (nSPS) is 25.3. The second kappa shape index (κ2) is 7.41. The Morgan fingerprint density at radius 3 is 2.79 bits per heavy atom. The van der Waals surface area contributed by atoms with Gasteiger partial charge in [-0.15, -0.1) is 0 Å². The summed E-state index contributed by atoms with van der Waals surface area (Å²) in [6.07, 6.45) is 6.90. The third-order valence-electron chi connectivity index (χ3n) is 4.52. The SMILES string of the molecule is CCC1CCCCC1C(NC)c1cc(Br)ccc1I. The van der Waals surface area contributed by atoms with E-state index in [4.69, 9.17) is 0 Å². The maximum absolute atomic E-state index is 3.62. The highest BCUT2D eigenvalue weighted by Gasteiger charge is 2.31. The highest BCUT2D eigenvalue weighted by atomic mass is 127. The first-order valence-electron chi connectivity index (χ1n) is 7.29. The summed E-state index contributed by atoms with van der Waals surface area (Å²) in [5.41, 5.74) is 1.46. The summed E-state index contributed by atoms with van der Waals surface area (Å²) >= 11 is 6.09. The van der Waals surface area contributed by atoms with Crippen molar-refractivity contribution < 1.29 is 0 Å². The first-order chi connectivity index (χ1) is 9.17. The van der Waals surface area contributed by atoms with Crippen LogP contribution in [0.25, 0.3) is 0 Å². The largest absolute Gasteiger partial charge is 0.313 e. The molecule has 0 saturated heterocycles. The van der Waals surface area contributed by atoms with Gasteiger partial charge in [-0.1, -0.05) is 48.5 Å². The minimum Gasteiger partial charge on any atom is -0.313 e. The average molecular weight is 436 g/mol. The van der Waals surface area contributed by atoms with Gasteiger partial charge in [-0.05, 0) is 71.7 Å². The van der Waals surface area contributed by atoms with Crippen LogP contribution in [0.2, 0.25) is 0 Å². The Hall–Kier alpha value is 0.390. The molecule has 0 heterocycles. The lowest BCUT2D eigenvalue weighted by atomic mass is 9.72. The molecular formula is C16H23BrIN. The van der Waals surface area contributed by atoms with Crippen molar-refractivity contribution in [3.05, 3.63) is 31.8 Å². The third-order valence-corrected chi connectivity index (χ3v) is 6.00. The lowest BCUT2D eigenvalue weighted by Crippen LogP contribution is -2.33. The first-order valence-corrected chi connectivity index (χ1v) is 9.16. The van der Waals surface area contributed by atoms with Crippen molar-refractivity contribution in [2.75, 3.05) is 7.05 Å². The van der Waals surface area contributed by atoms with E-state index in [2.05, 4.69) is 76.0 Å². The van der Waals surface area contributed by atoms with Crippen molar-refractivity contribution in [1.82, 2.24) is 5.32 Å². The molecular weight excluding hydrogens is 413 g/mol. The number of nitrogens with one attached hydrogen (secondary N) is 1. The van der Waals surface area contributed by atoms with E-state index in [9.17, 15) is 0 Å².